The largest absolute Gasteiger partial charge is 0.497 e. The van der Waals surface area contributed by atoms with E-state index in [2.05, 4.69) is 27.2 Å². The van der Waals surface area contributed by atoms with Crippen LogP contribution in [0, 0.1) is 0 Å². The van der Waals surface area contributed by atoms with Gasteiger partial charge < -0.3 is 19.7 Å². The van der Waals surface area contributed by atoms with Gasteiger partial charge in [-0.05, 0) is 37.1 Å². The van der Waals surface area contributed by atoms with Gasteiger partial charge in [0.2, 0.25) is 5.91 Å². The molecule has 2 saturated heterocycles. The van der Waals surface area contributed by atoms with Gasteiger partial charge in [0.05, 0.1) is 19.8 Å². The zero-order chi connectivity index (χ0) is 16.8. The van der Waals surface area contributed by atoms with Crippen molar-refractivity contribution in [3.8, 4) is 5.75 Å². The van der Waals surface area contributed by atoms with Crippen molar-refractivity contribution in [1.29, 1.82) is 0 Å². The van der Waals surface area contributed by atoms with Crippen LogP contribution in [-0.4, -0.2) is 69.9 Å². The molecule has 0 radical (unpaired) electrons. The molecule has 0 aromatic heterocycles. The van der Waals surface area contributed by atoms with Crippen LogP contribution in [0.25, 0.3) is 0 Å². The molecule has 2 aliphatic heterocycles. The van der Waals surface area contributed by atoms with Crippen molar-refractivity contribution < 1.29 is 14.3 Å². The summed E-state index contributed by atoms with van der Waals surface area (Å²) in [4.78, 5) is 16.6. The van der Waals surface area contributed by atoms with Crippen molar-refractivity contribution in [2.45, 2.75) is 18.9 Å². The Morgan fingerprint density at radius 3 is 2.62 bits per heavy atom. The van der Waals surface area contributed by atoms with Gasteiger partial charge in [0, 0.05) is 45.0 Å². The van der Waals surface area contributed by atoms with Gasteiger partial charge in [-0.25, -0.2) is 0 Å². The topological polar surface area (TPSA) is 54.0 Å². The molecule has 3 rings (SSSR count). The molecule has 6 nitrogen and oxygen atoms in total. The fraction of sp³-hybridized carbons (Fsp3) is 0.611. The van der Waals surface area contributed by atoms with Crippen molar-refractivity contribution in [1.82, 2.24) is 10.2 Å². The van der Waals surface area contributed by atoms with E-state index in [0.29, 0.717) is 13.1 Å². The van der Waals surface area contributed by atoms with Crippen LogP contribution >= 0.6 is 0 Å². The van der Waals surface area contributed by atoms with Crippen LogP contribution in [0.2, 0.25) is 0 Å². The van der Waals surface area contributed by atoms with E-state index in [1.165, 1.54) is 5.69 Å². The Kier molecular flexibility index (Phi) is 5.93. The van der Waals surface area contributed by atoms with Crippen molar-refractivity contribution in [2.24, 2.45) is 0 Å². The molecule has 1 atom stereocenters. The molecule has 0 unspecified atom stereocenters. The lowest BCUT2D eigenvalue weighted by atomic mass is 10.2. The zero-order valence-electron chi connectivity index (χ0n) is 14.4. The number of hydrogen-bond donors (Lipinski definition) is 1. The molecular formula is C18H27N3O3. The summed E-state index contributed by atoms with van der Waals surface area (Å²) in [6.45, 7) is 5.62. The molecule has 1 N–H and O–H groups in total. The Labute approximate surface area is 143 Å². The molecule has 24 heavy (non-hydrogen) atoms. The van der Waals surface area contributed by atoms with Crippen LogP contribution < -0.4 is 15.0 Å². The number of methoxy groups -OCH3 is 1. The van der Waals surface area contributed by atoms with Gasteiger partial charge in [-0.15, -0.1) is 0 Å². The molecule has 1 aromatic rings. The Balaban J connectivity index is 1.38. The second kappa shape index (κ2) is 8.35. The van der Waals surface area contributed by atoms with E-state index < -0.39 is 0 Å². The van der Waals surface area contributed by atoms with Gasteiger partial charge in [0.1, 0.15) is 5.75 Å². The Morgan fingerprint density at radius 1 is 1.25 bits per heavy atom. The van der Waals surface area contributed by atoms with Crippen molar-refractivity contribution >= 4 is 11.6 Å². The van der Waals surface area contributed by atoms with Crippen LogP contribution in [0.5, 0.6) is 5.75 Å². The van der Waals surface area contributed by atoms with Gasteiger partial charge in [-0.3, -0.25) is 9.69 Å². The predicted molar refractivity (Wildman–Crippen MR) is 93.6 cm³/mol. The molecule has 132 valence electrons. The average Bonchev–Trinajstić information content (AvgIpc) is 3.14. The maximum Gasteiger partial charge on any atom is 0.234 e. The van der Waals surface area contributed by atoms with E-state index in [1.807, 2.05) is 12.1 Å². The smallest absolute Gasteiger partial charge is 0.234 e. The lowest BCUT2D eigenvalue weighted by Crippen LogP contribution is -2.50. The number of rotatable bonds is 6. The zero-order valence-corrected chi connectivity index (χ0v) is 14.4. The molecule has 0 saturated carbocycles. The average molecular weight is 333 g/mol. The highest BCUT2D eigenvalue weighted by Crippen LogP contribution is 2.20. The third kappa shape index (κ3) is 4.61. The maximum atomic E-state index is 12.1. The number of ether oxygens (including phenoxy) is 2. The lowest BCUT2D eigenvalue weighted by Gasteiger charge is -2.35. The minimum atomic E-state index is 0.100. The summed E-state index contributed by atoms with van der Waals surface area (Å²) in [6.07, 6.45) is 2.37. The third-order valence-corrected chi connectivity index (χ3v) is 4.73. The van der Waals surface area contributed by atoms with Crippen LogP contribution in [0.15, 0.2) is 24.3 Å². The number of nitrogens with one attached hydrogen (secondary N) is 1. The van der Waals surface area contributed by atoms with Gasteiger partial charge in [0.15, 0.2) is 0 Å². The standard InChI is InChI=1S/C18H27N3O3/c1-23-16-6-4-15(5-7-16)21-10-8-20(9-11-21)14-18(22)19-13-17-3-2-12-24-17/h4-7,17H,2-3,8-14H2,1H3,(H,19,22)/t17-/m0/s1. The Morgan fingerprint density at radius 2 is 2.00 bits per heavy atom. The maximum absolute atomic E-state index is 12.1. The number of nitrogens with zero attached hydrogens (tertiary/aromatic N) is 2. The highest BCUT2D eigenvalue weighted by Gasteiger charge is 2.20. The molecule has 2 aliphatic rings. The molecule has 2 fully saturated rings. The van der Waals surface area contributed by atoms with E-state index in [9.17, 15) is 4.79 Å². The van der Waals surface area contributed by atoms with Crippen LogP contribution in [0.1, 0.15) is 12.8 Å². The summed E-state index contributed by atoms with van der Waals surface area (Å²) in [5.74, 6) is 0.976. The van der Waals surface area contributed by atoms with E-state index in [-0.39, 0.29) is 12.0 Å². The van der Waals surface area contributed by atoms with Gasteiger partial charge in [-0.1, -0.05) is 0 Å². The van der Waals surface area contributed by atoms with Crippen LogP contribution in [0.3, 0.4) is 0 Å². The first-order chi connectivity index (χ1) is 11.7. The van der Waals surface area contributed by atoms with Crippen LogP contribution in [-0.2, 0) is 9.53 Å². The summed E-state index contributed by atoms with van der Waals surface area (Å²) < 4.78 is 10.7. The van der Waals surface area contributed by atoms with Crippen molar-refractivity contribution in [3.63, 3.8) is 0 Å². The first-order valence-electron chi connectivity index (χ1n) is 8.74. The second-order valence-corrected chi connectivity index (χ2v) is 6.40. The second-order valence-electron chi connectivity index (χ2n) is 6.40. The first-order valence-corrected chi connectivity index (χ1v) is 8.74. The fourth-order valence-corrected chi connectivity index (χ4v) is 3.25. The molecule has 1 amide bonds. The summed E-state index contributed by atoms with van der Waals surface area (Å²) in [5.41, 5.74) is 1.21. The quantitative estimate of drug-likeness (QED) is 0.845. The Bertz CT molecular complexity index is 521. The van der Waals surface area contributed by atoms with E-state index in [1.54, 1.807) is 7.11 Å². The number of anilines is 1. The van der Waals surface area contributed by atoms with Gasteiger partial charge in [0.25, 0.3) is 0 Å². The number of carbonyl (C=O) groups excluding carboxylic acids is 1. The third-order valence-electron chi connectivity index (χ3n) is 4.73. The van der Waals surface area contributed by atoms with Gasteiger partial charge in [-0.2, -0.15) is 0 Å². The number of benzene rings is 1. The van der Waals surface area contributed by atoms with Gasteiger partial charge >= 0.3 is 0 Å². The summed E-state index contributed by atoms with van der Waals surface area (Å²) in [6, 6.07) is 8.14. The van der Waals surface area contributed by atoms with Crippen molar-refractivity contribution in [3.05, 3.63) is 24.3 Å². The number of hydrogen-bond acceptors (Lipinski definition) is 5. The molecule has 6 heteroatoms. The SMILES string of the molecule is COc1ccc(N2CCN(CC(=O)NC[C@@H]3CCCO3)CC2)cc1. The predicted octanol–water partition coefficient (Wildman–Crippen LogP) is 1.11. The first kappa shape index (κ1) is 17.0. The summed E-state index contributed by atoms with van der Waals surface area (Å²) in [7, 11) is 1.68. The van der Waals surface area contributed by atoms with E-state index in [4.69, 9.17) is 9.47 Å². The molecule has 2 heterocycles. The minimum Gasteiger partial charge on any atom is -0.497 e. The monoisotopic (exact) mass is 333 g/mol. The van der Waals surface area contributed by atoms with E-state index >= 15 is 0 Å². The summed E-state index contributed by atoms with van der Waals surface area (Å²) in [5, 5.41) is 2.99. The molecular weight excluding hydrogens is 306 g/mol. The molecule has 0 aliphatic carbocycles. The van der Waals surface area contributed by atoms with E-state index in [0.717, 1.165) is 51.4 Å². The molecule has 0 bridgehead atoms. The van der Waals surface area contributed by atoms with Crippen molar-refractivity contribution in [2.75, 3.05) is 57.9 Å². The normalized spacial score (nSPS) is 21.7. The van der Waals surface area contributed by atoms with Crippen LogP contribution in [0.4, 0.5) is 5.69 Å². The summed E-state index contributed by atoms with van der Waals surface area (Å²) >= 11 is 0. The Hall–Kier alpha value is -1.79. The number of carbonyl (C=O) groups is 1. The fourth-order valence-electron chi connectivity index (χ4n) is 3.25. The molecule has 1 aromatic carbocycles. The highest BCUT2D eigenvalue weighted by molar-refractivity contribution is 5.78. The highest BCUT2D eigenvalue weighted by atomic mass is 16.5. The number of piperazine rings is 1. The minimum absolute atomic E-state index is 0.100. The lowest BCUT2D eigenvalue weighted by molar-refractivity contribution is -0.122. The molecule has 0 spiro atoms. The number of amides is 1.